The van der Waals surface area contributed by atoms with Crippen molar-refractivity contribution in [2.75, 3.05) is 13.1 Å². The number of benzene rings is 1. The van der Waals surface area contributed by atoms with Crippen LogP contribution in [0, 0.1) is 0 Å². The third-order valence-corrected chi connectivity index (χ3v) is 2.46. The summed E-state index contributed by atoms with van der Waals surface area (Å²) in [5, 5.41) is 3.39. The molecule has 0 saturated heterocycles. The maximum Gasteiger partial charge on any atom is 0.0584 e. The summed E-state index contributed by atoms with van der Waals surface area (Å²) in [6.45, 7) is 4.12. The van der Waals surface area contributed by atoms with Gasteiger partial charge in [0.2, 0.25) is 0 Å². The Bertz CT molecular complexity index is 248. The Kier molecular flexibility index (Phi) is 6.00. The molecule has 1 atom stereocenters. The van der Waals surface area contributed by atoms with Gasteiger partial charge in [-0.05, 0) is 18.5 Å². The summed E-state index contributed by atoms with van der Waals surface area (Å²) in [5.41, 5.74) is 4.06. The molecule has 0 spiro atoms. The lowest BCUT2D eigenvalue weighted by molar-refractivity contribution is 0.497. The van der Waals surface area contributed by atoms with Gasteiger partial charge in [-0.2, -0.15) is 0 Å². The quantitative estimate of drug-likeness (QED) is 0.361. The van der Waals surface area contributed by atoms with Gasteiger partial charge in [0.05, 0.1) is 6.04 Å². The molecule has 0 aliphatic rings. The summed E-state index contributed by atoms with van der Waals surface area (Å²) in [4.78, 5) is 0. The van der Waals surface area contributed by atoms with Gasteiger partial charge in [-0.25, -0.2) is 0 Å². The van der Waals surface area contributed by atoms with E-state index in [0.717, 1.165) is 13.1 Å². The van der Waals surface area contributed by atoms with Crippen LogP contribution >= 0.6 is 0 Å². The molecule has 0 saturated carbocycles. The molecule has 0 aliphatic heterocycles. The molecule has 4 N–H and O–H groups in total. The van der Waals surface area contributed by atoms with Crippen LogP contribution < -0.4 is 16.6 Å². The van der Waals surface area contributed by atoms with E-state index in [0.29, 0.717) is 0 Å². The van der Waals surface area contributed by atoms with Crippen LogP contribution in [0.3, 0.4) is 0 Å². The molecule has 0 amide bonds. The number of nitrogens with two attached hydrogens (primary N) is 1. The Balaban J connectivity index is 2.36. The molecular weight excluding hydrogens is 186 g/mol. The van der Waals surface area contributed by atoms with Crippen LogP contribution in [-0.4, -0.2) is 13.1 Å². The highest BCUT2D eigenvalue weighted by molar-refractivity contribution is 5.18. The minimum Gasteiger partial charge on any atom is -0.315 e. The molecule has 0 fully saturated rings. The van der Waals surface area contributed by atoms with Gasteiger partial charge >= 0.3 is 0 Å². The molecular formula is C12H21N3. The highest BCUT2D eigenvalue weighted by Crippen LogP contribution is 2.09. The second-order valence-corrected chi connectivity index (χ2v) is 3.69. The van der Waals surface area contributed by atoms with Crippen LogP contribution in [0.15, 0.2) is 30.3 Å². The van der Waals surface area contributed by atoms with Gasteiger partial charge in [-0.3, -0.25) is 11.3 Å². The topological polar surface area (TPSA) is 50.1 Å². The molecule has 15 heavy (non-hydrogen) atoms. The smallest absolute Gasteiger partial charge is 0.0584 e. The summed E-state index contributed by atoms with van der Waals surface area (Å²) >= 11 is 0. The van der Waals surface area contributed by atoms with Crippen molar-refractivity contribution in [1.82, 2.24) is 10.7 Å². The molecule has 1 rings (SSSR count). The van der Waals surface area contributed by atoms with Crippen LogP contribution in [0.5, 0.6) is 0 Å². The summed E-state index contributed by atoms with van der Waals surface area (Å²) in [6.07, 6.45) is 2.44. The number of unbranched alkanes of at least 4 members (excludes halogenated alkanes) is 1. The molecule has 3 heteroatoms. The first-order valence-electron chi connectivity index (χ1n) is 5.60. The average Bonchev–Trinajstić information content (AvgIpc) is 2.30. The Morgan fingerprint density at radius 2 is 2.00 bits per heavy atom. The molecule has 0 bridgehead atoms. The van der Waals surface area contributed by atoms with E-state index in [1.165, 1.54) is 18.4 Å². The van der Waals surface area contributed by atoms with E-state index in [1.807, 2.05) is 18.2 Å². The van der Waals surface area contributed by atoms with Gasteiger partial charge in [0.1, 0.15) is 0 Å². The van der Waals surface area contributed by atoms with Crippen molar-refractivity contribution in [2.24, 2.45) is 5.84 Å². The van der Waals surface area contributed by atoms with E-state index >= 15 is 0 Å². The number of hydrogen-bond acceptors (Lipinski definition) is 3. The number of rotatable bonds is 7. The molecule has 0 radical (unpaired) electrons. The van der Waals surface area contributed by atoms with E-state index in [1.54, 1.807) is 0 Å². The summed E-state index contributed by atoms with van der Waals surface area (Å²) < 4.78 is 0. The predicted octanol–water partition coefficient (Wildman–Crippen LogP) is 1.58. The van der Waals surface area contributed by atoms with Crippen molar-refractivity contribution >= 4 is 0 Å². The van der Waals surface area contributed by atoms with Gasteiger partial charge < -0.3 is 5.32 Å². The zero-order valence-electron chi connectivity index (χ0n) is 9.37. The maximum absolute atomic E-state index is 5.53. The maximum atomic E-state index is 5.53. The first-order valence-corrected chi connectivity index (χ1v) is 5.60. The lowest BCUT2D eigenvalue weighted by Crippen LogP contribution is -2.36. The van der Waals surface area contributed by atoms with Crippen molar-refractivity contribution in [1.29, 1.82) is 0 Å². The fraction of sp³-hybridized carbons (Fsp3) is 0.500. The standard InChI is InChI=1S/C12H21N3/c1-2-3-9-14-10-12(15-13)11-7-5-4-6-8-11/h4-8,12,14-15H,2-3,9-10,13H2,1H3/t12-/m1/s1. The Morgan fingerprint density at radius 1 is 1.27 bits per heavy atom. The molecule has 0 unspecified atom stereocenters. The second-order valence-electron chi connectivity index (χ2n) is 3.69. The summed E-state index contributed by atoms with van der Waals surface area (Å²) in [5.74, 6) is 5.53. The molecule has 0 aromatic heterocycles. The number of hydrogen-bond donors (Lipinski definition) is 3. The third kappa shape index (κ3) is 4.42. The van der Waals surface area contributed by atoms with E-state index < -0.39 is 0 Å². The Labute approximate surface area is 92.0 Å². The van der Waals surface area contributed by atoms with Crippen LogP contribution in [0.2, 0.25) is 0 Å². The minimum absolute atomic E-state index is 0.197. The van der Waals surface area contributed by atoms with E-state index in [4.69, 9.17) is 5.84 Å². The first kappa shape index (κ1) is 12.2. The minimum atomic E-state index is 0.197. The zero-order valence-corrected chi connectivity index (χ0v) is 9.37. The number of nitrogens with one attached hydrogen (secondary N) is 2. The van der Waals surface area contributed by atoms with Gasteiger partial charge in [-0.15, -0.1) is 0 Å². The predicted molar refractivity (Wildman–Crippen MR) is 64.3 cm³/mol. The van der Waals surface area contributed by atoms with Crippen LogP contribution in [-0.2, 0) is 0 Å². The van der Waals surface area contributed by atoms with Crippen molar-refractivity contribution in [3.8, 4) is 0 Å². The first-order chi connectivity index (χ1) is 7.38. The van der Waals surface area contributed by atoms with Gasteiger partial charge in [0, 0.05) is 6.54 Å². The van der Waals surface area contributed by atoms with E-state index in [9.17, 15) is 0 Å². The molecule has 1 aromatic carbocycles. The Hall–Kier alpha value is -0.900. The van der Waals surface area contributed by atoms with Crippen molar-refractivity contribution in [3.63, 3.8) is 0 Å². The lowest BCUT2D eigenvalue weighted by atomic mass is 10.1. The van der Waals surface area contributed by atoms with Crippen molar-refractivity contribution in [2.45, 2.75) is 25.8 Å². The molecule has 1 aromatic rings. The third-order valence-electron chi connectivity index (χ3n) is 2.46. The number of hydrazine groups is 1. The van der Waals surface area contributed by atoms with Crippen LogP contribution in [0.1, 0.15) is 31.4 Å². The van der Waals surface area contributed by atoms with Crippen molar-refractivity contribution in [3.05, 3.63) is 35.9 Å². The fourth-order valence-electron chi connectivity index (χ4n) is 1.51. The average molecular weight is 207 g/mol. The van der Waals surface area contributed by atoms with Gasteiger partial charge in [0.25, 0.3) is 0 Å². The van der Waals surface area contributed by atoms with E-state index in [-0.39, 0.29) is 6.04 Å². The lowest BCUT2D eigenvalue weighted by Gasteiger charge is -2.16. The molecule has 84 valence electrons. The fourth-order valence-corrected chi connectivity index (χ4v) is 1.51. The van der Waals surface area contributed by atoms with Gasteiger partial charge in [0.15, 0.2) is 0 Å². The monoisotopic (exact) mass is 207 g/mol. The zero-order chi connectivity index (χ0) is 10.9. The molecule has 3 nitrogen and oxygen atoms in total. The van der Waals surface area contributed by atoms with E-state index in [2.05, 4.69) is 29.8 Å². The molecule has 0 heterocycles. The highest BCUT2D eigenvalue weighted by atomic mass is 15.2. The van der Waals surface area contributed by atoms with Crippen LogP contribution in [0.25, 0.3) is 0 Å². The van der Waals surface area contributed by atoms with Gasteiger partial charge in [-0.1, -0.05) is 43.7 Å². The van der Waals surface area contributed by atoms with Crippen molar-refractivity contribution < 1.29 is 0 Å². The second kappa shape index (κ2) is 7.40. The normalized spacial score (nSPS) is 12.7. The highest BCUT2D eigenvalue weighted by Gasteiger charge is 2.07. The Morgan fingerprint density at radius 3 is 2.60 bits per heavy atom. The van der Waals surface area contributed by atoms with Crippen LogP contribution in [0.4, 0.5) is 0 Å². The molecule has 0 aliphatic carbocycles. The SMILES string of the molecule is CCCCNC[C@@H](NN)c1ccccc1. The summed E-state index contributed by atoms with van der Waals surface area (Å²) in [6, 6.07) is 10.5. The summed E-state index contributed by atoms with van der Waals surface area (Å²) in [7, 11) is 0. The largest absolute Gasteiger partial charge is 0.315 e.